The summed E-state index contributed by atoms with van der Waals surface area (Å²) in [5, 5.41) is 5.13. The number of H-pyrrole nitrogens is 1. The Labute approximate surface area is 199 Å². The topological polar surface area (TPSA) is 34.3 Å². The van der Waals surface area contributed by atoms with Gasteiger partial charge in [0, 0.05) is 67.6 Å². The first-order valence-corrected chi connectivity index (χ1v) is 13.0. The monoisotopic (exact) mass is 444 g/mol. The maximum absolute atomic E-state index is 3.86. The van der Waals surface area contributed by atoms with Gasteiger partial charge in [0.1, 0.15) is 0 Å². The minimum absolute atomic E-state index is 0.650. The summed E-state index contributed by atoms with van der Waals surface area (Å²) >= 11 is 0. The molecule has 3 aromatic rings. The van der Waals surface area contributed by atoms with Gasteiger partial charge in [0.15, 0.2) is 0 Å². The second kappa shape index (κ2) is 9.90. The summed E-state index contributed by atoms with van der Waals surface area (Å²) in [6.45, 7) is 14.4. The third kappa shape index (κ3) is 5.12. The molecule has 2 aliphatic rings. The van der Waals surface area contributed by atoms with E-state index in [1.54, 1.807) is 0 Å². The van der Waals surface area contributed by atoms with Crippen molar-refractivity contribution in [2.45, 2.75) is 39.7 Å². The van der Waals surface area contributed by atoms with Crippen molar-refractivity contribution >= 4 is 16.6 Å². The van der Waals surface area contributed by atoms with Crippen LogP contribution in [0, 0.1) is 17.8 Å². The number of rotatable bonds is 6. The van der Waals surface area contributed by atoms with Gasteiger partial charge in [0.2, 0.25) is 0 Å². The van der Waals surface area contributed by atoms with Crippen molar-refractivity contribution in [3.05, 3.63) is 54.6 Å². The summed E-state index contributed by atoms with van der Waals surface area (Å²) in [4.78, 5) is 8.80. The molecule has 0 bridgehead atoms. The van der Waals surface area contributed by atoms with E-state index in [1.165, 1.54) is 60.3 Å². The lowest BCUT2D eigenvalue weighted by molar-refractivity contribution is 0.0882. The molecule has 33 heavy (non-hydrogen) atoms. The van der Waals surface area contributed by atoms with Gasteiger partial charge in [-0.05, 0) is 60.4 Å². The number of aromatic nitrogens is 1. The second-order valence-corrected chi connectivity index (χ2v) is 10.6. The Balaban J connectivity index is 1.12. The fourth-order valence-corrected chi connectivity index (χ4v) is 5.83. The van der Waals surface area contributed by atoms with Gasteiger partial charge in [0.05, 0.1) is 0 Å². The zero-order valence-corrected chi connectivity index (χ0v) is 20.6. The number of hydrogen-bond acceptors (Lipinski definition) is 3. The maximum Gasteiger partial charge on any atom is 0.0465 e. The Morgan fingerprint density at radius 2 is 1.67 bits per heavy atom. The van der Waals surface area contributed by atoms with E-state index in [2.05, 4.69) is 95.5 Å². The van der Waals surface area contributed by atoms with Crippen LogP contribution in [0.2, 0.25) is 0 Å². The molecule has 0 radical (unpaired) electrons. The maximum atomic E-state index is 3.86. The molecule has 2 saturated heterocycles. The first kappa shape index (κ1) is 22.5. The third-order valence-corrected chi connectivity index (χ3v) is 8.30. The van der Waals surface area contributed by atoms with Crippen LogP contribution in [-0.2, 0) is 0 Å². The molecule has 1 unspecified atom stereocenters. The highest BCUT2D eigenvalue weighted by molar-refractivity contribution is 5.86. The third-order valence-electron chi connectivity index (χ3n) is 8.30. The lowest BCUT2D eigenvalue weighted by Crippen LogP contribution is -2.48. The van der Waals surface area contributed by atoms with Crippen LogP contribution in [0.3, 0.4) is 0 Å². The lowest BCUT2D eigenvalue weighted by atomic mass is 9.81. The number of nitrogens with one attached hydrogen (secondary N) is 2. The van der Waals surface area contributed by atoms with Crippen molar-refractivity contribution in [3.8, 4) is 11.3 Å². The van der Waals surface area contributed by atoms with Crippen LogP contribution < -0.4 is 10.2 Å². The van der Waals surface area contributed by atoms with Crippen LogP contribution in [-0.4, -0.2) is 55.2 Å². The number of likely N-dealkylation sites (tertiary alicyclic amines) is 1. The minimum Gasteiger partial charge on any atom is -0.371 e. The first-order valence-electron chi connectivity index (χ1n) is 13.0. The van der Waals surface area contributed by atoms with E-state index >= 15 is 0 Å². The average molecular weight is 445 g/mol. The Morgan fingerprint density at radius 1 is 0.909 bits per heavy atom. The largest absolute Gasteiger partial charge is 0.371 e. The van der Waals surface area contributed by atoms with Crippen LogP contribution >= 0.6 is 0 Å². The fourth-order valence-electron chi connectivity index (χ4n) is 5.83. The summed E-state index contributed by atoms with van der Waals surface area (Å²) < 4.78 is 0. The molecule has 4 heteroatoms. The molecule has 2 aromatic carbocycles. The predicted octanol–water partition coefficient (Wildman–Crippen LogP) is 5.62. The van der Waals surface area contributed by atoms with Gasteiger partial charge in [-0.15, -0.1) is 0 Å². The van der Waals surface area contributed by atoms with E-state index in [-0.39, 0.29) is 0 Å². The van der Waals surface area contributed by atoms with E-state index in [0.29, 0.717) is 6.04 Å². The van der Waals surface area contributed by atoms with E-state index in [9.17, 15) is 0 Å². The van der Waals surface area contributed by atoms with Crippen molar-refractivity contribution in [2.24, 2.45) is 17.8 Å². The van der Waals surface area contributed by atoms with Crippen LogP contribution in [0.1, 0.15) is 33.6 Å². The van der Waals surface area contributed by atoms with E-state index < -0.39 is 0 Å². The Morgan fingerprint density at radius 3 is 2.42 bits per heavy atom. The average Bonchev–Trinajstić information content (AvgIpc) is 3.28. The molecule has 2 aliphatic heterocycles. The summed E-state index contributed by atoms with van der Waals surface area (Å²) in [6, 6.07) is 20.4. The molecule has 3 heterocycles. The molecule has 0 amide bonds. The van der Waals surface area contributed by atoms with Crippen LogP contribution in [0.25, 0.3) is 22.2 Å². The number of piperidine rings is 2. The molecule has 2 fully saturated rings. The Kier molecular flexibility index (Phi) is 6.75. The van der Waals surface area contributed by atoms with Crippen molar-refractivity contribution in [3.63, 3.8) is 0 Å². The lowest BCUT2D eigenvalue weighted by Gasteiger charge is -2.40. The van der Waals surface area contributed by atoms with Crippen molar-refractivity contribution in [1.82, 2.24) is 15.2 Å². The molecule has 0 spiro atoms. The predicted molar refractivity (Wildman–Crippen MR) is 141 cm³/mol. The molecular weight excluding hydrogens is 404 g/mol. The van der Waals surface area contributed by atoms with Crippen LogP contribution in [0.15, 0.2) is 54.6 Å². The standard InChI is InChI=1S/C29H40N4/c1-21-19-32(20-22(2)23(21)3)16-13-30-26-11-14-33(15-12-26)27-9-6-8-24(17-27)29-18-25-7-4-5-10-28(25)31-29/h4-10,17-18,21-23,26,30-31H,11-16,19-20H2,1-3H3/t21-,22+,23?. The first-order chi connectivity index (χ1) is 16.1. The SMILES string of the molecule is CC1[C@H](C)CN(CCNC2CCN(c3cccc(-c4cc5ccccc5[nH]4)c3)CC2)C[C@@H]1C. The van der Waals surface area contributed by atoms with Gasteiger partial charge in [-0.2, -0.15) is 0 Å². The number of anilines is 1. The fraction of sp³-hybridized carbons (Fsp3) is 0.517. The van der Waals surface area contributed by atoms with Crippen molar-refractivity contribution < 1.29 is 0 Å². The number of para-hydroxylation sites is 1. The molecular formula is C29H40N4. The summed E-state index contributed by atoms with van der Waals surface area (Å²) in [7, 11) is 0. The van der Waals surface area contributed by atoms with Gasteiger partial charge < -0.3 is 20.1 Å². The van der Waals surface area contributed by atoms with Gasteiger partial charge in [-0.3, -0.25) is 0 Å². The van der Waals surface area contributed by atoms with Crippen molar-refractivity contribution in [2.75, 3.05) is 44.2 Å². The van der Waals surface area contributed by atoms with Gasteiger partial charge in [0.25, 0.3) is 0 Å². The second-order valence-electron chi connectivity index (χ2n) is 10.6. The van der Waals surface area contributed by atoms with E-state index in [0.717, 1.165) is 37.4 Å². The summed E-state index contributed by atoms with van der Waals surface area (Å²) in [6.07, 6.45) is 2.45. The zero-order chi connectivity index (χ0) is 22.8. The van der Waals surface area contributed by atoms with Crippen LogP contribution in [0.5, 0.6) is 0 Å². The number of fused-ring (bicyclic) bond motifs is 1. The normalized spacial score (nSPS) is 25.1. The number of nitrogens with zero attached hydrogens (tertiary/aromatic N) is 2. The van der Waals surface area contributed by atoms with E-state index in [4.69, 9.17) is 0 Å². The van der Waals surface area contributed by atoms with Crippen LogP contribution in [0.4, 0.5) is 5.69 Å². The van der Waals surface area contributed by atoms with E-state index in [1.807, 2.05) is 0 Å². The molecule has 1 aromatic heterocycles. The highest BCUT2D eigenvalue weighted by Gasteiger charge is 2.28. The number of aromatic amines is 1. The molecule has 176 valence electrons. The zero-order valence-electron chi connectivity index (χ0n) is 20.6. The Hall–Kier alpha value is -2.30. The molecule has 4 nitrogen and oxygen atoms in total. The van der Waals surface area contributed by atoms with Gasteiger partial charge >= 0.3 is 0 Å². The smallest absolute Gasteiger partial charge is 0.0465 e. The highest BCUT2D eigenvalue weighted by Crippen LogP contribution is 2.29. The van der Waals surface area contributed by atoms with Gasteiger partial charge in [-0.1, -0.05) is 51.1 Å². The minimum atomic E-state index is 0.650. The molecule has 2 N–H and O–H groups in total. The summed E-state index contributed by atoms with van der Waals surface area (Å²) in [5.74, 6) is 2.49. The van der Waals surface area contributed by atoms with Gasteiger partial charge in [-0.25, -0.2) is 0 Å². The number of hydrogen-bond donors (Lipinski definition) is 2. The number of benzene rings is 2. The quantitative estimate of drug-likeness (QED) is 0.518. The molecule has 5 rings (SSSR count). The molecule has 0 aliphatic carbocycles. The summed E-state index contributed by atoms with van der Waals surface area (Å²) in [5.41, 5.74) is 5.01. The Bertz CT molecular complexity index is 1000. The molecule has 0 saturated carbocycles. The van der Waals surface area contributed by atoms with Crippen molar-refractivity contribution in [1.29, 1.82) is 0 Å². The molecule has 3 atom stereocenters. The highest BCUT2D eigenvalue weighted by atomic mass is 15.2.